The molecule has 0 unspecified atom stereocenters. The zero-order valence-corrected chi connectivity index (χ0v) is 11.7. The molecular formula is C15H15F3N2O. The Morgan fingerprint density at radius 1 is 1.05 bits per heavy atom. The molecule has 0 atom stereocenters. The van der Waals surface area contributed by atoms with Gasteiger partial charge in [-0.15, -0.1) is 0 Å². The van der Waals surface area contributed by atoms with Gasteiger partial charge in [0.1, 0.15) is 18.2 Å². The second-order valence-electron chi connectivity index (χ2n) is 4.73. The van der Waals surface area contributed by atoms with Gasteiger partial charge in [0.05, 0.1) is 11.8 Å². The second kappa shape index (κ2) is 6.03. The summed E-state index contributed by atoms with van der Waals surface area (Å²) in [6.07, 6.45) is -2.73. The summed E-state index contributed by atoms with van der Waals surface area (Å²) in [4.78, 5) is 6.05. The summed E-state index contributed by atoms with van der Waals surface area (Å²) in [6.45, 7) is 0.196. The third-order valence-corrected chi connectivity index (χ3v) is 2.87. The molecule has 1 aromatic carbocycles. The highest BCUT2D eigenvalue weighted by molar-refractivity contribution is 5.39. The Kier molecular flexibility index (Phi) is 4.35. The van der Waals surface area contributed by atoms with Crippen molar-refractivity contribution in [1.82, 2.24) is 4.98 Å². The van der Waals surface area contributed by atoms with E-state index in [-0.39, 0.29) is 6.61 Å². The van der Waals surface area contributed by atoms with Crippen molar-refractivity contribution in [2.24, 2.45) is 0 Å². The molecule has 0 spiro atoms. The molecule has 1 aromatic heterocycles. The van der Waals surface area contributed by atoms with Crippen LogP contribution in [0.3, 0.4) is 0 Å². The molecule has 112 valence electrons. The van der Waals surface area contributed by atoms with Crippen LogP contribution in [-0.2, 0) is 12.8 Å². The summed E-state index contributed by atoms with van der Waals surface area (Å²) in [5, 5.41) is 0. The van der Waals surface area contributed by atoms with Crippen LogP contribution in [0.4, 0.5) is 19.0 Å². The normalized spacial score (nSPS) is 11.3. The quantitative estimate of drug-likeness (QED) is 0.859. The lowest BCUT2D eigenvalue weighted by Crippen LogP contribution is -2.10. The van der Waals surface area contributed by atoms with E-state index in [9.17, 15) is 13.2 Å². The van der Waals surface area contributed by atoms with Gasteiger partial charge in [0.15, 0.2) is 0 Å². The molecule has 6 heteroatoms. The van der Waals surface area contributed by atoms with E-state index in [4.69, 9.17) is 4.74 Å². The molecule has 0 fully saturated rings. The fraction of sp³-hybridized carbons (Fsp3) is 0.267. The van der Waals surface area contributed by atoms with E-state index >= 15 is 0 Å². The van der Waals surface area contributed by atoms with Crippen LogP contribution in [0.15, 0.2) is 42.6 Å². The van der Waals surface area contributed by atoms with Gasteiger partial charge in [0.25, 0.3) is 0 Å². The lowest BCUT2D eigenvalue weighted by atomic mass is 10.1. The van der Waals surface area contributed by atoms with E-state index in [1.807, 2.05) is 25.1 Å². The Balaban J connectivity index is 1.96. The first-order valence-corrected chi connectivity index (χ1v) is 6.28. The van der Waals surface area contributed by atoms with Crippen molar-refractivity contribution in [2.45, 2.75) is 12.8 Å². The highest BCUT2D eigenvalue weighted by Crippen LogP contribution is 2.29. The molecule has 0 radical (unpaired) electrons. The Labute approximate surface area is 121 Å². The van der Waals surface area contributed by atoms with Crippen LogP contribution in [0.1, 0.15) is 11.1 Å². The molecule has 0 aliphatic rings. The number of hydrogen-bond donors (Lipinski definition) is 0. The lowest BCUT2D eigenvalue weighted by molar-refractivity contribution is -0.137. The molecule has 0 aliphatic heterocycles. The van der Waals surface area contributed by atoms with Crippen LogP contribution in [0.25, 0.3) is 0 Å². The third kappa shape index (κ3) is 4.11. The van der Waals surface area contributed by atoms with Crippen LogP contribution in [0.5, 0.6) is 5.75 Å². The van der Waals surface area contributed by atoms with E-state index in [2.05, 4.69) is 4.98 Å². The van der Waals surface area contributed by atoms with Gasteiger partial charge in [0, 0.05) is 14.1 Å². The number of aromatic nitrogens is 1. The summed E-state index contributed by atoms with van der Waals surface area (Å²) in [5.41, 5.74) is 0.00272. The van der Waals surface area contributed by atoms with Crippen molar-refractivity contribution < 1.29 is 17.9 Å². The highest BCUT2D eigenvalue weighted by Gasteiger charge is 2.29. The van der Waals surface area contributed by atoms with E-state index in [1.54, 1.807) is 12.3 Å². The minimum Gasteiger partial charge on any atom is -0.487 e. The number of pyridine rings is 1. The van der Waals surface area contributed by atoms with E-state index in [1.165, 1.54) is 12.1 Å². The first kappa shape index (κ1) is 15.2. The van der Waals surface area contributed by atoms with Crippen molar-refractivity contribution in [3.63, 3.8) is 0 Å². The molecule has 2 rings (SSSR count). The fourth-order valence-corrected chi connectivity index (χ4v) is 1.68. The molecule has 3 nitrogen and oxygen atoms in total. The van der Waals surface area contributed by atoms with Gasteiger partial charge in [-0.2, -0.15) is 13.2 Å². The van der Waals surface area contributed by atoms with Crippen molar-refractivity contribution in [3.8, 4) is 5.75 Å². The van der Waals surface area contributed by atoms with Crippen LogP contribution in [0.2, 0.25) is 0 Å². The predicted octanol–water partition coefficient (Wildman–Crippen LogP) is 3.75. The summed E-state index contributed by atoms with van der Waals surface area (Å²) in [7, 11) is 3.76. The Hall–Kier alpha value is -2.24. The number of hydrogen-bond acceptors (Lipinski definition) is 3. The number of alkyl halides is 3. The minimum atomic E-state index is -4.31. The monoisotopic (exact) mass is 296 g/mol. The summed E-state index contributed by atoms with van der Waals surface area (Å²) in [5.74, 6) is 1.37. The second-order valence-corrected chi connectivity index (χ2v) is 4.73. The summed E-state index contributed by atoms with van der Waals surface area (Å²) in [6, 6.07) is 8.49. The SMILES string of the molecule is CN(C)c1ccc(OCc2ccc(C(F)(F)F)cc2)cn1. The van der Waals surface area contributed by atoms with Crippen LogP contribution in [-0.4, -0.2) is 19.1 Å². The smallest absolute Gasteiger partial charge is 0.416 e. The molecule has 0 saturated heterocycles. The molecule has 0 bridgehead atoms. The molecule has 0 saturated carbocycles. The minimum absolute atomic E-state index is 0.196. The number of nitrogens with zero attached hydrogens (tertiary/aromatic N) is 2. The molecule has 0 amide bonds. The van der Waals surface area contributed by atoms with E-state index in [0.717, 1.165) is 18.0 Å². The van der Waals surface area contributed by atoms with Crippen molar-refractivity contribution in [3.05, 3.63) is 53.7 Å². The number of benzene rings is 1. The first-order valence-electron chi connectivity index (χ1n) is 6.28. The van der Waals surface area contributed by atoms with Gasteiger partial charge in [-0.3, -0.25) is 0 Å². The Morgan fingerprint density at radius 3 is 2.19 bits per heavy atom. The average molecular weight is 296 g/mol. The maximum atomic E-state index is 12.4. The highest BCUT2D eigenvalue weighted by atomic mass is 19.4. The largest absolute Gasteiger partial charge is 0.487 e. The maximum Gasteiger partial charge on any atom is 0.416 e. The molecule has 1 heterocycles. The van der Waals surface area contributed by atoms with Gasteiger partial charge in [-0.1, -0.05) is 12.1 Å². The number of rotatable bonds is 4. The van der Waals surface area contributed by atoms with Crippen LogP contribution in [0, 0.1) is 0 Å². The van der Waals surface area contributed by atoms with Gasteiger partial charge >= 0.3 is 6.18 Å². The lowest BCUT2D eigenvalue weighted by Gasteiger charge is -2.12. The standard InChI is InChI=1S/C15H15F3N2O/c1-20(2)14-8-7-13(9-19-14)21-10-11-3-5-12(6-4-11)15(16,17)18/h3-9H,10H2,1-2H3. The summed E-state index contributed by atoms with van der Waals surface area (Å²) < 4.78 is 42.8. The van der Waals surface area contributed by atoms with Gasteiger partial charge in [-0.05, 0) is 29.8 Å². The molecule has 0 N–H and O–H groups in total. The first-order chi connectivity index (χ1) is 9.86. The number of halogens is 3. The Bertz CT molecular complexity index is 577. The summed E-state index contributed by atoms with van der Waals surface area (Å²) >= 11 is 0. The predicted molar refractivity (Wildman–Crippen MR) is 74.3 cm³/mol. The zero-order chi connectivity index (χ0) is 15.5. The zero-order valence-electron chi connectivity index (χ0n) is 11.7. The average Bonchev–Trinajstić information content (AvgIpc) is 2.45. The van der Waals surface area contributed by atoms with Crippen molar-refractivity contribution in [2.75, 3.05) is 19.0 Å². The topological polar surface area (TPSA) is 25.4 Å². The van der Waals surface area contributed by atoms with Gasteiger partial charge < -0.3 is 9.64 Å². The number of anilines is 1. The van der Waals surface area contributed by atoms with Crippen LogP contribution < -0.4 is 9.64 Å². The molecule has 0 aliphatic carbocycles. The number of ether oxygens (including phenoxy) is 1. The van der Waals surface area contributed by atoms with Crippen molar-refractivity contribution in [1.29, 1.82) is 0 Å². The van der Waals surface area contributed by atoms with Gasteiger partial charge in [-0.25, -0.2) is 4.98 Å². The Morgan fingerprint density at radius 2 is 1.71 bits per heavy atom. The molecule has 21 heavy (non-hydrogen) atoms. The van der Waals surface area contributed by atoms with Gasteiger partial charge in [0.2, 0.25) is 0 Å². The molecule has 2 aromatic rings. The van der Waals surface area contributed by atoms with Crippen molar-refractivity contribution >= 4 is 5.82 Å². The fourth-order valence-electron chi connectivity index (χ4n) is 1.68. The third-order valence-electron chi connectivity index (χ3n) is 2.87. The van der Waals surface area contributed by atoms with E-state index < -0.39 is 11.7 Å². The van der Waals surface area contributed by atoms with Crippen LogP contribution >= 0.6 is 0 Å². The molecular weight excluding hydrogens is 281 g/mol. The van der Waals surface area contributed by atoms with E-state index in [0.29, 0.717) is 11.3 Å². The maximum absolute atomic E-state index is 12.4.